The van der Waals surface area contributed by atoms with Gasteiger partial charge in [-0.2, -0.15) is 0 Å². The number of hydrogen-bond donors (Lipinski definition) is 2. The zero-order chi connectivity index (χ0) is 14.4. The van der Waals surface area contributed by atoms with E-state index >= 15 is 0 Å². The van der Waals surface area contributed by atoms with E-state index in [2.05, 4.69) is 5.32 Å². The molecule has 1 unspecified atom stereocenters. The van der Waals surface area contributed by atoms with Crippen molar-refractivity contribution in [1.29, 1.82) is 0 Å². The minimum Gasteiger partial charge on any atom is -0.481 e. The van der Waals surface area contributed by atoms with E-state index in [4.69, 9.17) is 5.11 Å². The Balaban J connectivity index is 2.53. The average molecular weight is 283 g/mol. The molecule has 0 aliphatic carbocycles. The number of anilines is 1. The highest BCUT2D eigenvalue weighted by molar-refractivity contribution is 7.85. The van der Waals surface area contributed by atoms with E-state index in [9.17, 15) is 13.8 Å². The molecule has 1 aromatic rings. The van der Waals surface area contributed by atoms with E-state index in [1.807, 2.05) is 32.0 Å². The van der Waals surface area contributed by atoms with Crippen molar-refractivity contribution in [3.05, 3.63) is 29.3 Å². The largest absolute Gasteiger partial charge is 0.481 e. The predicted molar refractivity (Wildman–Crippen MR) is 74.7 cm³/mol. The molecule has 1 amide bonds. The van der Waals surface area contributed by atoms with E-state index in [0.29, 0.717) is 5.69 Å². The molecule has 0 aliphatic heterocycles. The van der Waals surface area contributed by atoms with Crippen LogP contribution in [0.1, 0.15) is 17.5 Å². The fourth-order valence-corrected chi connectivity index (χ4v) is 2.39. The van der Waals surface area contributed by atoms with Crippen LogP contribution in [0.5, 0.6) is 0 Å². The van der Waals surface area contributed by atoms with Crippen molar-refractivity contribution < 1.29 is 18.9 Å². The van der Waals surface area contributed by atoms with Gasteiger partial charge in [0.25, 0.3) is 0 Å². The van der Waals surface area contributed by atoms with Gasteiger partial charge < -0.3 is 10.4 Å². The molecule has 0 bridgehead atoms. The molecular formula is C13H17NO4S. The molecule has 1 rings (SSSR count). The van der Waals surface area contributed by atoms with E-state index < -0.39 is 16.8 Å². The molecule has 0 heterocycles. The van der Waals surface area contributed by atoms with Gasteiger partial charge in [-0.1, -0.05) is 12.1 Å². The number of hydrogen-bond acceptors (Lipinski definition) is 3. The number of carboxylic acids is 1. The Morgan fingerprint density at radius 1 is 1.32 bits per heavy atom. The van der Waals surface area contributed by atoms with E-state index in [1.54, 1.807) is 0 Å². The Hall–Kier alpha value is -1.69. The lowest BCUT2D eigenvalue weighted by Gasteiger charge is -2.09. The molecule has 0 saturated carbocycles. The molecule has 0 aromatic heterocycles. The second-order valence-corrected chi connectivity index (χ2v) is 5.88. The van der Waals surface area contributed by atoms with Crippen LogP contribution in [0.4, 0.5) is 5.69 Å². The number of benzene rings is 1. The monoisotopic (exact) mass is 283 g/mol. The SMILES string of the molecule is Cc1ccc(C)c(NC(=O)CS(=O)CCC(=O)O)c1. The molecule has 1 aromatic carbocycles. The number of aryl methyl sites for hydroxylation is 2. The molecule has 0 aliphatic rings. The van der Waals surface area contributed by atoms with Crippen LogP contribution in [0.25, 0.3) is 0 Å². The van der Waals surface area contributed by atoms with Gasteiger partial charge in [0, 0.05) is 22.2 Å². The Labute approximate surface area is 114 Å². The summed E-state index contributed by atoms with van der Waals surface area (Å²) in [6.07, 6.45) is -0.191. The third-order valence-corrected chi connectivity index (χ3v) is 3.75. The van der Waals surface area contributed by atoms with Crippen LogP contribution in [0.2, 0.25) is 0 Å². The standard InChI is InChI=1S/C13H17NO4S/c1-9-3-4-10(2)11(7-9)14-12(15)8-19(18)6-5-13(16)17/h3-4,7H,5-6,8H2,1-2H3,(H,14,15)(H,16,17). The van der Waals surface area contributed by atoms with Crippen molar-refractivity contribution >= 4 is 28.4 Å². The van der Waals surface area contributed by atoms with Crippen molar-refractivity contribution in [3.8, 4) is 0 Å². The van der Waals surface area contributed by atoms with Gasteiger partial charge in [0.2, 0.25) is 5.91 Å². The first kappa shape index (κ1) is 15.4. The molecule has 0 fully saturated rings. The Kier molecular flexibility index (Phi) is 5.69. The molecular weight excluding hydrogens is 266 g/mol. The van der Waals surface area contributed by atoms with Crippen molar-refractivity contribution in [2.75, 3.05) is 16.8 Å². The predicted octanol–water partition coefficient (Wildman–Crippen LogP) is 1.47. The van der Waals surface area contributed by atoms with E-state index in [1.165, 1.54) is 0 Å². The van der Waals surface area contributed by atoms with Crippen LogP contribution < -0.4 is 5.32 Å². The summed E-state index contributed by atoms with van der Waals surface area (Å²) in [4.78, 5) is 22.0. The van der Waals surface area contributed by atoms with Gasteiger partial charge in [-0.3, -0.25) is 13.8 Å². The quantitative estimate of drug-likeness (QED) is 0.828. The minimum absolute atomic E-state index is 0.00441. The zero-order valence-corrected chi connectivity index (χ0v) is 11.8. The summed E-state index contributed by atoms with van der Waals surface area (Å²) in [5.41, 5.74) is 2.64. The Morgan fingerprint density at radius 3 is 2.63 bits per heavy atom. The molecule has 19 heavy (non-hydrogen) atoms. The lowest BCUT2D eigenvalue weighted by molar-refractivity contribution is -0.136. The minimum atomic E-state index is -1.45. The summed E-state index contributed by atoms with van der Waals surface area (Å²) in [5.74, 6) is -1.56. The van der Waals surface area contributed by atoms with Crippen molar-refractivity contribution in [3.63, 3.8) is 0 Å². The third kappa shape index (κ3) is 5.65. The van der Waals surface area contributed by atoms with E-state index in [0.717, 1.165) is 11.1 Å². The summed E-state index contributed by atoms with van der Waals surface area (Å²) < 4.78 is 11.5. The highest BCUT2D eigenvalue weighted by Gasteiger charge is 2.11. The smallest absolute Gasteiger partial charge is 0.304 e. The van der Waals surface area contributed by atoms with Gasteiger partial charge >= 0.3 is 5.97 Å². The molecule has 1 atom stereocenters. The molecule has 104 valence electrons. The summed E-state index contributed by atoms with van der Waals surface area (Å²) in [6.45, 7) is 3.79. The lowest BCUT2D eigenvalue weighted by atomic mass is 10.1. The number of aliphatic carboxylic acids is 1. The maximum absolute atomic E-state index is 11.7. The lowest BCUT2D eigenvalue weighted by Crippen LogP contribution is -2.22. The molecule has 6 heteroatoms. The molecule has 5 nitrogen and oxygen atoms in total. The molecule has 2 N–H and O–H groups in total. The average Bonchev–Trinajstić information content (AvgIpc) is 2.31. The maximum atomic E-state index is 11.7. The first-order chi connectivity index (χ1) is 8.88. The molecule has 0 saturated heterocycles. The van der Waals surface area contributed by atoms with Crippen molar-refractivity contribution in [2.24, 2.45) is 0 Å². The van der Waals surface area contributed by atoms with Crippen LogP contribution in [-0.4, -0.2) is 32.7 Å². The van der Waals surface area contributed by atoms with E-state index in [-0.39, 0.29) is 23.8 Å². The second-order valence-electron chi connectivity index (χ2n) is 4.30. The third-order valence-electron chi connectivity index (χ3n) is 2.50. The van der Waals surface area contributed by atoms with Crippen molar-refractivity contribution in [1.82, 2.24) is 0 Å². The van der Waals surface area contributed by atoms with Crippen LogP contribution in [0.15, 0.2) is 18.2 Å². The normalized spacial score (nSPS) is 11.9. The number of carboxylic acid groups (broad SMARTS) is 1. The first-order valence-electron chi connectivity index (χ1n) is 5.82. The molecule has 0 spiro atoms. The van der Waals surface area contributed by atoms with Gasteiger partial charge in [0.15, 0.2) is 0 Å². The van der Waals surface area contributed by atoms with Gasteiger partial charge in [-0.25, -0.2) is 0 Å². The topological polar surface area (TPSA) is 83.5 Å². The summed E-state index contributed by atoms with van der Waals surface area (Å²) in [7, 11) is -1.45. The fraction of sp³-hybridized carbons (Fsp3) is 0.385. The zero-order valence-electron chi connectivity index (χ0n) is 10.9. The maximum Gasteiger partial charge on any atom is 0.304 e. The Morgan fingerprint density at radius 2 is 2.00 bits per heavy atom. The summed E-state index contributed by atoms with van der Waals surface area (Å²) in [6, 6.07) is 5.68. The number of carbonyl (C=O) groups excluding carboxylic acids is 1. The summed E-state index contributed by atoms with van der Waals surface area (Å²) >= 11 is 0. The highest BCUT2D eigenvalue weighted by atomic mass is 32.2. The fourth-order valence-electron chi connectivity index (χ4n) is 1.48. The van der Waals surface area contributed by atoms with Crippen LogP contribution >= 0.6 is 0 Å². The number of rotatable bonds is 6. The highest BCUT2D eigenvalue weighted by Crippen LogP contribution is 2.16. The number of nitrogens with one attached hydrogen (secondary N) is 1. The number of carbonyl (C=O) groups is 2. The van der Waals surface area contributed by atoms with Gasteiger partial charge in [-0.15, -0.1) is 0 Å². The number of amides is 1. The van der Waals surface area contributed by atoms with Crippen LogP contribution in [0.3, 0.4) is 0 Å². The van der Waals surface area contributed by atoms with Crippen LogP contribution in [-0.2, 0) is 20.4 Å². The first-order valence-corrected chi connectivity index (χ1v) is 7.31. The summed E-state index contributed by atoms with van der Waals surface area (Å²) in [5, 5.41) is 11.2. The Bertz CT molecular complexity index is 513. The van der Waals surface area contributed by atoms with Gasteiger partial charge in [0.05, 0.1) is 6.42 Å². The van der Waals surface area contributed by atoms with Crippen molar-refractivity contribution in [2.45, 2.75) is 20.3 Å². The molecule has 0 radical (unpaired) electrons. The second kappa shape index (κ2) is 7.04. The van der Waals surface area contributed by atoms with Gasteiger partial charge in [-0.05, 0) is 31.0 Å². The van der Waals surface area contributed by atoms with Gasteiger partial charge in [0.1, 0.15) is 5.75 Å². The van der Waals surface area contributed by atoms with Crippen LogP contribution in [0, 0.1) is 13.8 Å².